The molecule has 0 radical (unpaired) electrons. The summed E-state index contributed by atoms with van der Waals surface area (Å²) in [6.45, 7) is 3.50. The number of hydrogen-bond donors (Lipinski definition) is 1. The number of benzene rings is 1. The third-order valence-electron chi connectivity index (χ3n) is 4.54. The van der Waals surface area contributed by atoms with E-state index in [9.17, 15) is 9.18 Å². The molecule has 0 saturated carbocycles. The van der Waals surface area contributed by atoms with Crippen LogP contribution in [0.2, 0.25) is 0 Å². The molecule has 116 valence electrons. The molecule has 0 aromatic heterocycles. The molecule has 1 heterocycles. The fourth-order valence-electron chi connectivity index (χ4n) is 3.02. The van der Waals surface area contributed by atoms with Gasteiger partial charge in [0, 0.05) is 25.1 Å². The number of nitrogens with zero attached hydrogens (tertiary/aromatic N) is 1. The number of carbonyl (C=O) groups excluding carboxylic acids is 1. The average molecular weight is 292 g/mol. The summed E-state index contributed by atoms with van der Waals surface area (Å²) in [4.78, 5) is 14.1. The standard InChI is InChI=1S/C17H25FN2O/c1-3-13-8-9-17(21)20(11-10-13)12-16(19-2)14-6-4-5-7-15(14)18/h4-7,13,16,19H,3,8-12H2,1-2H3. The Morgan fingerprint density at radius 3 is 2.81 bits per heavy atom. The highest BCUT2D eigenvalue weighted by molar-refractivity contribution is 5.76. The summed E-state index contributed by atoms with van der Waals surface area (Å²) in [5, 5.41) is 3.14. The smallest absolute Gasteiger partial charge is 0.222 e. The lowest BCUT2D eigenvalue weighted by atomic mass is 9.98. The van der Waals surface area contributed by atoms with Gasteiger partial charge in [-0.1, -0.05) is 31.5 Å². The lowest BCUT2D eigenvalue weighted by molar-refractivity contribution is -0.131. The molecule has 1 fully saturated rings. The predicted octanol–water partition coefficient (Wildman–Crippen LogP) is 3.12. The van der Waals surface area contributed by atoms with Crippen molar-refractivity contribution in [3.8, 4) is 0 Å². The van der Waals surface area contributed by atoms with Gasteiger partial charge in [-0.05, 0) is 31.9 Å². The first-order valence-corrected chi connectivity index (χ1v) is 7.85. The van der Waals surface area contributed by atoms with E-state index in [-0.39, 0.29) is 17.8 Å². The van der Waals surface area contributed by atoms with Gasteiger partial charge in [-0.25, -0.2) is 4.39 Å². The first-order valence-electron chi connectivity index (χ1n) is 7.85. The Morgan fingerprint density at radius 2 is 2.14 bits per heavy atom. The summed E-state index contributed by atoms with van der Waals surface area (Å²) in [6, 6.07) is 6.62. The minimum absolute atomic E-state index is 0.159. The summed E-state index contributed by atoms with van der Waals surface area (Å²) in [5.74, 6) is 0.619. The Hall–Kier alpha value is -1.42. The lowest BCUT2D eigenvalue weighted by Crippen LogP contribution is -2.38. The lowest BCUT2D eigenvalue weighted by Gasteiger charge is -2.27. The number of amides is 1. The topological polar surface area (TPSA) is 32.3 Å². The van der Waals surface area contributed by atoms with E-state index in [0.717, 1.165) is 25.8 Å². The first kappa shape index (κ1) is 16.0. The molecule has 1 aliphatic heterocycles. The van der Waals surface area contributed by atoms with Crippen molar-refractivity contribution in [1.82, 2.24) is 10.2 Å². The van der Waals surface area contributed by atoms with Crippen molar-refractivity contribution >= 4 is 5.91 Å². The van der Waals surface area contributed by atoms with Gasteiger partial charge in [-0.2, -0.15) is 0 Å². The number of halogens is 1. The summed E-state index contributed by atoms with van der Waals surface area (Å²) in [6.07, 6.45) is 3.78. The molecule has 2 rings (SSSR count). The van der Waals surface area contributed by atoms with Gasteiger partial charge in [0.15, 0.2) is 0 Å². The van der Waals surface area contributed by atoms with Gasteiger partial charge >= 0.3 is 0 Å². The van der Waals surface area contributed by atoms with Crippen molar-refractivity contribution in [3.63, 3.8) is 0 Å². The van der Waals surface area contributed by atoms with Gasteiger partial charge in [-0.15, -0.1) is 0 Å². The summed E-state index contributed by atoms with van der Waals surface area (Å²) in [5.41, 5.74) is 0.629. The van der Waals surface area contributed by atoms with Crippen molar-refractivity contribution in [2.24, 2.45) is 5.92 Å². The second-order valence-corrected chi connectivity index (χ2v) is 5.80. The van der Waals surface area contributed by atoms with Gasteiger partial charge in [-0.3, -0.25) is 4.79 Å². The predicted molar refractivity (Wildman–Crippen MR) is 82.4 cm³/mol. The zero-order valence-corrected chi connectivity index (χ0v) is 12.9. The third-order valence-corrected chi connectivity index (χ3v) is 4.54. The van der Waals surface area contributed by atoms with Crippen LogP contribution in [0.15, 0.2) is 24.3 Å². The van der Waals surface area contributed by atoms with Crippen LogP contribution in [0.3, 0.4) is 0 Å². The Bertz CT molecular complexity index is 478. The van der Waals surface area contributed by atoms with E-state index in [0.29, 0.717) is 24.4 Å². The van der Waals surface area contributed by atoms with Crippen molar-refractivity contribution in [2.75, 3.05) is 20.1 Å². The van der Waals surface area contributed by atoms with Crippen molar-refractivity contribution in [1.29, 1.82) is 0 Å². The normalized spacial score (nSPS) is 21.2. The van der Waals surface area contributed by atoms with Crippen molar-refractivity contribution in [2.45, 2.75) is 38.6 Å². The molecule has 21 heavy (non-hydrogen) atoms. The van der Waals surface area contributed by atoms with Crippen LogP contribution < -0.4 is 5.32 Å². The molecule has 1 aromatic carbocycles. The zero-order valence-electron chi connectivity index (χ0n) is 12.9. The Balaban J connectivity index is 2.07. The van der Waals surface area contributed by atoms with Crippen molar-refractivity contribution in [3.05, 3.63) is 35.6 Å². The third kappa shape index (κ3) is 4.03. The molecular weight excluding hydrogens is 267 g/mol. The highest BCUT2D eigenvalue weighted by Crippen LogP contribution is 2.24. The highest BCUT2D eigenvalue weighted by atomic mass is 19.1. The van der Waals surface area contributed by atoms with E-state index in [4.69, 9.17) is 0 Å². The van der Waals surface area contributed by atoms with Crippen LogP contribution in [0.1, 0.15) is 44.2 Å². The second-order valence-electron chi connectivity index (χ2n) is 5.80. The maximum absolute atomic E-state index is 13.9. The number of likely N-dealkylation sites (N-methyl/N-ethyl adjacent to an activating group) is 1. The number of hydrogen-bond acceptors (Lipinski definition) is 2. The number of nitrogens with one attached hydrogen (secondary N) is 1. The van der Waals surface area contributed by atoms with Crippen LogP contribution >= 0.6 is 0 Å². The van der Waals surface area contributed by atoms with Crippen LogP contribution in [0, 0.1) is 11.7 Å². The van der Waals surface area contributed by atoms with Gasteiger partial charge in [0.1, 0.15) is 5.82 Å². The monoisotopic (exact) mass is 292 g/mol. The highest BCUT2D eigenvalue weighted by Gasteiger charge is 2.25. The SMILES string of the molecule is CCC1CCC(=O)N(CC(NC)c2ccccc2F)CC1. The molecule has 1 saturated heterocycles. The minimum atomic E-state index is -0.217. The average Bonchev–Trinajstić information content (AvgIpc) is 2.68. The van der Waals surface area contributed by atoms with Crippen LogP contribution in [0.5, 0.6) is 0 Å². The van der Waals surface area contributed by atoms with E-state index in [1.165, 1.54) is 6.07 Å². The van der Waals surface area contributed by atoms with E-state index in [1.807, 2.05) is 18.0 Å². The Labute approximate surface area is 126 Å². The van der Waals surface area contributed by atoms with Gasteiger partial charge in [0.2, 0.25) is 5.91 Å². The molecule has 1 aliphatic rings. The van der Waals surface area contributed by atoms with Gasteiger partial charge in [0.25, 0.3) is 0 Å². The molecule has 0 bridgehead atoms. The second kappa shape index (κ2) is 7.55. The maximum Gasteiger partial charge on any atom is 0.222 e. The van der Waals surface area contributed by atoms with E-state index >= 15 is 0 Å². The van der Waals surface area contributed by atoms with Crippen LogP contribution in [-0.2, 0) is 4.79 Å². The first-order chi connectivity index (χ1) is 10.2. The fourth-order valence-corrected chi connectivity index (χ4v) is 3.02. The van der Waals surface area contributed by atoms with Gasteiger partial charge in [0.05, 0.1) is 6.04 Å². The van der Waals surface area contributed by atoms with Crippen molar-refractivity contribution < 1.29 is 9.18 Å². The summed E-state index contributed by atoms with van der Waals surface area (Å²) >= 11 is 0. The molecule has 1 aromatic rings. The van der Waals surface area contributed by atoms with Crippen LogP contribution in [0.25, 0.3) is 0 Å². The molecular formula is C17H25FN2O. The number of likely N-dealkylation sites (tertiary alicyclic amines) is 1. The quantitative estimate of drug-likeness (QED) is 0.904. The Morgan fingerprint density at radius 1 is 1.38 bits per heavy atom. The van der Waals surface area contributed by atoms with Crippen LogP contribution in [0.4, 0.5) is 4.39 Å². The number of carbonyl (C=O) groups is 1. The number of rotatable bonds is 5. The molecule has 2 unspecified atom stereocenters. The van der Waals surface area contributed by atoms with E-state index in [1.54, 1.807) is 12.1 Å². The molecule has 0 aliphatic carbocycles. The summed E-state index contributed by atoms with van der Waals surface area (Å²) < 4.78 is 13.9. The molecule has 0 spiro atoms. The summed E-state index contributed by atoms with van der Waals surface area (Å²) in [7, 11) is 1.81. The largest absolute Gasteiger partial charge is 0.341 e. The maximum atomic E-state index is 13.9. The minimum Gasteiger partial charge on any atom is -0.341 e. The molecule has 1 N–H and O–H groups in total. The van der Waals surface area contributed by atoms with E-state index < -0.39 is 0 Å². The van der Waals surface area contributed by atoms with E-state index in [2.05, 4.69) is 12.2 Å². The zero-order chi connectivity index (χ0) is 15.2. The van der Waals surface area contributed by atoms with Gasteiger partial charge < -0.3 is 10.2 Å². The molecule has 3 nitrogen and oxygen atoms in total. The fraction of sp³-hybridized carbons (Fsp3) is 0.588. The van der Waals surface area contributed by atoms with Crippen LogP contribution in [-0.4, -0.2) is 30.9 Å². The molecule has 4 heteroatoms. The molecule has 2 atom stereocenters. The Kier molecular flexibility index (Phi) is 5.74. The molecule has 1 amide bonds.